The Morgan fingerprint density at radius 2 is 1.62 bits per heavy atom. The van der Waals surface area contributed by atoms with E-state index < -0.39 is 18.1 Å². The van der Waals surface area contributed by atoms with E-state index in [4.69, 9.17) is 4.74 Å². The number of carbonyl (C=O) groups is 1. The maximum atomic E-state index is 12.3. The van der Waals surface area contributed by atoms with Gasteiger partial charge in [0.1, 0.15) is 17.2 Å². The molecule has 0 fully saturated rings. The quantitative estimate of drug-likeness (QED) is 0.601. The van der Waals surface area contributed by atoms with Crippen LogP contribution in [-0.4, -0.2) is 17.4 Å². The van der Waals surface area contributed by atoms with Gasteiger partial charge in [0.05, 0.1) is 0 Å². The SMILES string of the molecule is O=C(NCc1ccc(Oc2ccncc2)cc1)Nc1cccc(OC(F)(F)F)c1. The van der Waals surface area contributed by atoms with Gasteiger partial charge in [-0.2, -0.15) is 0 Å². The molecule has 0 aliphatic rings. The van der Waals surface area contributed by atoms with Gasteiger partial charge in [-0.3, -0.25) is 4.98 Å². The molecule has 0 bridgehead atoms. The molecule has 9 heteroatoms. The molecule has 0 radical (unpaired) electrons. The van der Waals surface area contributed by atoms with E-state index in [1.54, 1.807) is 48.8 Å². The van der Waals surface area contributed by atoms with E-state index in [0.29, 0.717) is 11.5 Å². The number of rotatable bonds is 6. The molecule has 0 aliphatic carbocycles. The molecule has 6 nitrogen and oxygen atoms in total. The minimum absolute atomic E-state index is 0.172. The number of pyridine rings is 1. The number of alkyl halides is 3. The predicted octanol–water partition coefficient (Wildman–Crippen LogP) is 5.09. The maximum Gasteiger partial charge on any atom is 0.573 e. The van der Waals surface area contributed by atoms with Crippen LogP contribution in [0.25, 0.3) is 0 Å². The van der Waals surface area contributed by atoms with Crippen LogP contribution in [0, 0.1) is 0 Å². The zero-order valence-corrected chi connectivity index (χ0v) is 14.9. The van der Waals surface area contributed by atoms with Crippen LogP contribution in [-0.2, 0) is 6.54 Å². The predicted molar refractivity (Wildman–Crippen MR) is 99.7 cm³/mol. The van der Waals surface area contributed by atoms with Crippen LogP contribution >= 0.6 is 0 Å². The summed E-state index contributed by atoms with van der Waals surface area (Å²) in [6, 6.07) is 15.0. The molecule has 3 rings (SSSR count). The molecule has 2 N–H and O–H groups in total. The molecule has 0 unspecified atom stereocenters. The van der Waals surface area contributed by atoms with Crippen molar-refractivity contribution in [2.75, 3.05) is 5.32 Å². The third kappa shape index (κ3) is 6.73. The lowest BCUT2D eigenvalue weighted by Crippen LogP contribution is -2.28. The average Bonchev–Trinajstić information content (AvgIpc) is 2.67. The first-order valence-corrected chi connectivity index (χ1v) is 8.45. The number of urea groups is 1. The fraction of sp³-hybridized carbons (Fsp3) is 0.100. The monoisotopic (exact) mass is 403 g/mol. The highest BCUT2D eigenvalue weighted by atomic mass is 19.4. The summed E-state index contributed by atoms with van der Waals surface area (Å²) >= 11 is 0. The summed E-state index contributed by atoms with van der Waals surface area (Å²) in [7, 11) is 0. The maximum absolute atomic E-state index is 12.3. The Morgan fingerprint density at radius 3 is 2.31 bits per heavy atom. The molecule has 2 aromatic carbocycles. The van der Waals surface area contributed by atoms with Gasteiger partial charge in [0.15, 0.2) is 0 Å². The molecule has 0 saturated heterocycles. The van der Waals surface area contributed by atoms with Gasteiger partial charge in [-0.25, -0.2) is 4.79 Å². The van der Waals surface area contributed by atoms with Crippen LogP contribution in [0.2, 0.25) is 0 Å². The Morgan fingerprint density at radius 1 is 0.931 bits per heavy atom. The largest absolute Gasteiger partial charge is 0.573 e. The summed E-state index contributed by atoms with van der Waals surface area (Å²) in [5.41, 5.74) is 0.988. The number of carbonyl (C=O) groups excluding carboxylic acids is 1. The number of nitrogens with zero attached hydrogens (tertiary/aromatic N) is 1. The van der Waals surface area contributed by atoms with E-state index in [-0.39, 0.29) is 12.2 Å². The molecule has 1 aromatic heterocycles. The first-order chi connectivity index (χ1) is 13.9. The minimum atomic E-state index is -4.80. The number of aromatic nitrogens is 1. The van der Waals surface area contributed by atoms with Gasteiger partial charge in [-0.05, 0) is 42.0 Å². The Kier molecular flexibility index (Phi) is 6.18. The van der Waals surface area contributed by atoms with Crippen molar-refractivity contribution in [1.29, 1.82) is 0 Å². The van der Waals surface area contributed by atoms with Gasteiger partial charge in [0.25, 0.3) is 0 Å². The Hall–Kier alpha value is -3.75. The number of nitrogens with one attached hydrogen (secondary N) is 2. The molecule has 0 spiro atoms. The number of hydrogen-bond acceptors (Lipinski definition) is 4. The van der Waals surface area contributed by atoms with Crippen molar-refractivity contribution in [1.82, 2.24) is 10.3 Å². The van der Waals surface area contributed by atoms with E-state index in [1.165, 1.54) is 12.1 Å². The molecule has 3 aromatic rings. The number of hydrogen-bond donors (Lipinski definition) is 2. The third-order valence-electron chi connectivity index (χ3n) is 3.59. The van der Waals surface area contributed by atoms with Crippen molar-refractivity contribution < 1.29 is 27.4 Å². The van der Waals surface area contributed by atoms with Gasteiger partial charge in [-0.15, -0.1) is 13.2 Å². The van der Waals surface area contributed by atoms with Crippen molar-refractivity contribution >= 4 is 11.7 Å². The van der Waals surface area contributed by atoms with Crippen molar-refractivity contribution in [2.45, 2.75) is 12.9 Å². The van der Waals surface area contributed by atoms with Gasteiger partial charge < -0.3 is 20.1 Å². The Bertz CT molecular complexity index is 948. The molecular formula is C20H16F3N3O3. The molecule has 29 heavy (non-hydrogen) atoms. The van der Waals surface area contributed by atoms with Crippen LogP contribution < -0.4 is 20.1 Å². The van der Waals surface area contributed by atoms with E-state index in [9.17, 15) is 18.0 Å². The van der Waals surface area contributed by atoms with Gasteiger partial charge in [-0.1, -0.05) is 18.2 Å². The topological polar surface area (TPSA) is 72.5 Å². The summed E-state index contributed by atoms with van der Waals surface area (Å²) in [6.45, 7) is 0.222. The van der Waals surface area contributed by atoms with E-state index in [0.717, 1.165) is 17.7 Å². The second kappa shape index (κ2) is 8.96. The highest BCUT2D eigenvalue weighted by molar-refractivity contribution is 5.89. The van der Waals surface area contributed by atoms with E-state index in [2.05, 4.69) is 20.4 Å². The van der Waals surface area contributed by atoms with Crippen molar-refractivity contribution in [3.63, 3.8) is 0 Å². The molecular weight excluding hydrogens is 387 g/mol. The zero-order valence-electron chi connectivity index (χ0n) is 14.9. The molecule has 150 valence electrons. The Balaban J connectivity index is 1.50. The van der Waals surface area contributed by atoms with Gasteiger partial charge >= 0.3 is 12.4 Å². The van der Waals surface area contributed by atoms with Crippen molar-refractivity contribution in [3.8, 4) is 17.2 Å². The second-order valence-electron chi connectivity index (χ2n) is 5.81. The first-order valence-electron chi connectivity index (χ1n) is 8.45. The van der Waals surface area contributed by atoms with Gasteiger partial charge in [0, 0.05) is 30.7 Å². The van der Waals surface area contributed by atoms with Crippen LogP contribution in [0.4, 0.5) is 23.7 Å². The highest BCUT2D eigenvalue weighted by Crippen LogP contribution is 2.25. The summed E-state index contributed by atoms with van der Waals surface area (Å²) in [4.78, 5) is 15.9. The van der Waals surface area contributed by atoms with Crippen LogP contribution in [0.5, 0.6) is 17.2 Å². The molecule has 1 heterocycles. The lowest BCUT2D eigenvalue weighted by Gasteiger charge is -2.11. The normalized spacial score (nSPS) is 10.9. The molecule has 0 saturated carbocycles. The summed E-state index contributed by atoms with van der Waals surface area (Å²) in [6.07, 6.45) is -1.55. The Labute approximate surface area is 164 Å². The van der Waals surface area contributed by atoms with Crippen molar-refractivity contribution in [2.24, 2.45) is 0 Å². The standard InChI is InChI=1S/C20H16F3N3O3/c21-20(22,23)29-18-3-1-2-15(12-18)26-19(27)25-13-14-4-6-16(7-5-14)28-17-8-10-24-11-9-17/h1-12H,13H2,(H2,25,26,27). The number of amides is 2. The molecule has 2 amide bonds. The number of benzene rings is 2. The zero-order chi connectivity index (χ0) is 20.7. The minimum Gasteiger partial charge on any atom is -0.457 e. The van der Waals surface area contributed by atoms with Gasteiger partial charge in [0.2, 0.25) is 0 Å². The van der Waals surface area contributed by atoms with E-state index in [1.807, 2.05) is 0 Å². The third-order valence-corrected chi connectivity index (χ3v) is 3.59. The van der Waals surface area contributed by atoms with Crippen molar-refractivity contribution in [3.05, 3.63) is 78.6 Å². The van der Waals surface area contributed by atoms with Crippen LogP contribution in [0.1, 0.15) is 5.56 Å². The molecule has 0 aliphatic heterocycles. The summed E-state index contributed by atoms with van der Waals surface area (Å²) < 4.78 is 46.3. The summed E-state index contributed by atoms with van der Waals surface area (Å²) in [5, 5.41) is 5.08. The average molecular weight is 403 g/mol. The molecule has 0 atom stereocenters. The fourth-order valence-electron chi connectivity index (χ4n) is 2.35. The smallest absolute Gasteiger partial charge is 0.457 e. The number of ether oxygens (including phenoxy) is 2. The van der Waals surface area contributed by atoms with Crippen LogP contribution in [0.3, 0.4) is 0 Å². The lowest BCUT2D eigenvalue weighted by molar-refractivity contribution is -0.274. The number of halogens is 3. The number of anilines is 1. The fourth-order valence-corrected chi connectivity index (χ4v) is 2.35. The van der Waals surface area contributed by atoms with E-state index >= 15 is 0 Å². The second-order valence-corrected chi connectivity index (χ2v) is 5.81. The first kappa shape index (κ1) is 20.0. The van der Waals surface area contributed by atoms with Crippen LogP contribution in [0.15, 0.2) is 73.1 Å². The lowest BCUT2D eigenvalue weighted by atomic mass is 10.2. The summed E-state index contributed by atoms with van der Waals surface area (Å²) in [5.74, 6) is 0.868. The highest BCUT2D eigenvalue weighted by Gasteiger charge is 2.31.